The van der Waals surface area contributed by atoms with E-state index in [-0.39, 0.29) is 24.5 Å². The molecule has 0 saturated heterocycles. The molecule has 6 rings (SSSR count). The molecule has 1 amide bonds. The van der Waals surface area contributed by atoms with Crippen LogP contribution < -0.4 is 15.6 Å². The number of hydrogen-bond donors (Lipinski definition) is 2. The summed E-state index contributed by atoms with van der Waals surface area (Å²) in [7, 11) is 0. The second-order valence-corrected chi connectivity index (χ2v) is 8.61. The number of para-hydroxylation sites is 3. The van der Waals surface area contributed by atoms with E-state index in [0.29, 0.717) is 27.9 Å². The molecule has 0 bridgehead atoms. The van der Waals surface area contributed by atoms with Gasteiger partial charge >= 0.3 is 0 Å². The number of carbonyl (C=O) groups excluding carboxylic acids is 1. The Morgan fingerprint density at radius 1 is 1.00 bits per heavy atom. The summed E-state index contributed by atoms with van der Waals surface area (Å²) < 4.78 is 7.94. The number of nitrogens with one attached hydrogen (secondary N) is 2. The summed E-state index contributed by atoms with van der Waals surface area (Å²) in [4.78, 5) is 33.5. The lowest BCUT2D eigenvalue weighted by atomic mass is 9.86. The van der Waals surface area contributed by atoms with E-state index in [1.807, 2.05) is 72.8 Å². The van der Waals surface area contributed by atoms with Crippen LogP contribution in [0.4, 0.5) is 5.82 Å². The van der Waals surface area contributed by atoms with Gasteiger partial charge in [-0.05, 0) is 24.3 Å². The second-order valence-electron chi connectivity index (χ2n) is 8.20. The first-order chi connectivity index (χ1) is 16.6. The van der Waals surface area contributed by atoms with Crippen LogP contribution in [-0.2, 0) is 11.4 Å². The summed E-state index contributed by atoms with van der Waals surface area (Å²) in [6.45, 7) is 0.268. The summed E-state index contributed by atoms with van der Waals surface area (Å²) in [5.74, 6) is 0.760. The summed E-state index contributed by atoms with van der Waals surface area (Å²) in [5.41, 5.74) is 3.33. The molecule has 2 N–H and O–H groups in total. The van der Waals surface area contributed by atoms with Crippen molar-refractivity contribution in [3.63, 3.8) is 0 Å². The van der Waals surface area contributed by atoms with E-state index in [9.17, 15) is 9.59 Å². The maximum absolute atomic E-state index is 13.3. The smallest absolute Gasteiger partial charge is 0.258 e. The summed E-state index contributed by atoms with van der Waals surface area (Å²) in [5, 5.41) is 3.53. The van der Waals surface area contributed by atoms with Crippen molar-refractivity contribution < 1.29 is 9.53 Å². The molecule has 0 radical (unpaired) electrons. The molecule has 0 fully saturated rings. The number of imidazole rings is 1. The van der Waals surface area contributed by atoms with Gasteiger partial charge in [0.15, 0.2) is 0 Å². The number of carbonyl (C=O) groups is 1. The molecule has 34 heavy (non-hydrogen) atoms. The van der Waals surface area contributed by atoms with E-state index in [2.05, 4.69) is 15.3 Å². The largest absolute Gasteiger partial charge is 0.489 e. The number of H-pyrrole nitrogens is 1. The van der Waals surface area contributed by atoms with E-state index in [1.165, 1.54) is 0 Å². The summed E-state index contributed by atoms with van der Waals surface area (Å²) >= 11 is 6.29. The van der Waals surface area contributed by atoms with Gasteiger partial charge in [-0.2, -0.15) is 0 Å². The minimum absolute atomic E-state index is 0.126. The molecule has 168 valence electrons. The Bertz CT molecular complexity index is 1640. The minimum atomic E-state index is -0.486. The molecule has 3 heterocycles. The molecule has 2 aromatic heterocycles. The number of fused-ring (bicyclic) bond motifs is 5. The summed E-state index contributed by atoms with van der Waals surface area (Å²) in [6.07, 6.45) is 0.126. The van der Waals surface area contributed by atoms with Crippen molar-refractivity contribution in [1.82, 2.24) is 14.4 Å². The highest BCUT2D eigenvalue weighted by Crippen LogP contribution is 2.40. The Kier molecular flexibility index (Phi) is 4.85. The van der Waals surface area contributed by atoms with E-state index < -0.39 is 5.92 Å². The minimum Gasteiger partial charge on any atom is -0.489 e. The van der Waals surface area contributed by atoms with Crippen molar-refractivity contribution in [2.24, 2.45) is 0 Å². The highest BCUT2D eigenvalue weighted by atomic mass is 35.5. The fourth-order valence-corrected chi connectivity index (χ4v) is 4.78. The van der Waals surface area contributed by atoms with Crippen LogP contribution in [-0.4, -0.2) is 20.3 Å². The van der Waals surface area contributed by atoms with Crippen molar-refractivity contribution in [1.29, 1.82) is 0 Å². The number of benzene rings is 3. The lowest BCUT2D eigenvalue weighted by molar-refractivity contribution is -0.116. The molecular weight excluding hydrogens is 452 g/mol. The molecule has 0 aliphatic carbocycles. The number of rotatable bonds is 4. The zero-order chi connectivity index (χ0) is 23.2. The highest BCUT2D eigenvalue weighted by molar-refractivity contribution is 6.31. The molecule has 1 aliphatic heterocycles. The molecule has 8 heteroatoms. The average molecular weight is 471 g/mol. The molecule has 1 aliphatic rings. The maximum atomic E-state index is 13.3. The predicted molar refractivity (Wildman–Crippen MR) is 131 cm³/mol. The third-order valence-corrected chi connectivity index (χ3v) is 6.51. The van der Waals surface area contributed by atoms with E-state index in [4.69, 9.17) is 16.3 Å². The highest BCUT2D eigenvalue weighted by Gasteiger charge is 2.33. The third-order valence-electron chi connectivity index (χ3n) is 6.14. The van der Waals surface area contributed by atoms with Gasteiger partial charge in [-0.25, -0.2) is 4.98 Å². The number of hydrogen-bond acceptors (Lipinski definition) is 4. The van der Waals surface area contributed by atoms with Gasteiger partial charge < -0.3 is 10.1 Å². The Balaban J connectivity index is 1.49. The van der Waals surface area contributed by atoms with E-state index in [1.54, 1.807) is 4.40 Å². The monoisotopic (exact) mass is 470 g/mol. The Morgan fingerprint density at radius 2 is 1.76 bits per heavy atom. The fraction of sp³-hybridized carbons (Fsp3) is 0.115. The molecule has 0 saturated carbocycles. The Labute approximate surface area is 199 Å². The molecule has 0 unspecified atom stereocenters. The van der Waals surface area contributed by atoms with Gasteiger partial charge in [-0.1, -0.05) is 60.1 Å². The van der Waals surface area contributed by atoms with Crippen molar-refractivity contribution in [2.75, 3.05) is 5.32 Å². The molecule has 0 spiro atoms. The van der Waals surface area contributed by atoms with Gasteiger partial charge in [0, 0.05) is 28.5 Å². The van der Waals surface area contributed by atoms with Crippen molar-refractivity contribution in [3.8, 4) is 5.75 Å². The number of aromatic nitrogens is 3. The van der Waals surface area contributed by atoms with Crippen molar-refractivity contribution >= 4 is 40.1 Å². The number of amides is 1. The van der Waals surface area contributed by atoms with E-state index >= 15 is 0 Å². The van der Waals surface area contributed by atoms with Crippen LogP contribution in [0.25, 0.3) is 16.8 Å². The lowest BCUT2D eigenvalue weighted by Crippen LogP contribution is -2.32. The topological polar surface area (TPSA) is 88.5 Å². The van der Waals surface area contributed by atoms with Gasteiger partial charge in [0.25, 0.3) is 5.56 Å². The first-order valence-corrected chi connectivity index (χ1v) is 11.3. The number of nitrogens with zero attached hydrogens (tertiary/aromatic N) is 2. The van der Waals surface area contributed by atoms with Crippen LogP contribution in [0.15, 0.2) is 77.6 Å². The van der Waals surface area contributed by atoms with Gasteiger partial charge in [-0.15, -0.1) is 0 Å². The van der Waals surface area contributed by atoms with Crippen LogP contribution in [0, 0.1) is 0 Å². The number of ether oxygens (including phenoxy) is 1. The molecule has 1 atom stereocenters. The molecular formula is C26H19ClN4O3. The fourth-order valence-electron chi connectivity index (χ4n) is 4.59. The SMILES string of the molecule is O=C1C[C@H](c2ccccc2OCc2ccccc2Cl)c2c(n3c(nc4ccccc43)[nH]c2=O)N1. The number of anilines is 1. The number of halogens is 1. The first kappa shape index (κ1) is 20.5. The zero-order valence-electron chi connectivity index (χ0n) is 17.9. The Morgan fingerprint density at radius 3 is 2.65 bits per heavy atom. The van der Waals surface area contributed by atoms with Gasteiger partial charge in [0.05, 0.1) is 16.6 Å². The van der Waals surface area contributed by atoms with Crippen LogP contribution in [0.1, 0.15) is 29.0 Å². The zero-order valence-corrected chi connectivity index (χ0v) is 18.7. The summed E-state index contributed by atoms with van der Waals surface area (Å²) in [6, 6.07) is 22.5. The van der Waals surface area contributed by atoms with Crippen LogP contribution >= 0.6 is 11.6 Å². The number of aromatic amines is 1. The van der Waals surface area contributed by atoms with Crippen LogP contribution in [0.2, 0.25) is 5.02 Å². The molecule has 3 aromatic carbocycles. The Hall–Kier alpha value is -4.10. The van der Waals surface area contributed by atoms with Gasteiger partial charge in [0.2, 0.25) is 11.7 Å². The van der Waals surface area contributed by atoms with Crippen LogP contribution in [0.3, 0.4) is 0 Å². The van der Waals surface area contributed by atoms with E-state index in [0.717, 1.165) is 22.2 Å². The maximum Gasteiger partial charge on any atom is 0.258 e. The molecule has 7 nitrogen and oxygen atoms in total. The van der Waals surface area contributed by atoms with Gasteiger partial charge in [0.1, 0.15) is 18.2 Å². The normalized spacial score (nSPS) is 15.3. The standard InChI is InChI=1S/C26H19ClN4O3/c27-18-9-3-1-7-15(18)14-34-21-12-6-2-8-16(21)17-13-22(32)29-24-23(17)25(33)30-26-28-19-10-4-5-11-20(19)31(24)26/h1-12,17H,13-14H2,(H,29,32)(H,28,30,33)/t17-/m1/s1. The predicted octanol–water partition coefficient (Wildman–Crippen LogP) is 4.88. The second kappa shape index (κ2) is 8.04. The van der Waals surface area contributed by atoms with Gasteiger partial charge in [-0.3, -0.25) is 19.0 Å². The van der Waals surface area contributed by atoms with Crippen LogP contribution in [0.5, 0.6) is 5.75 Å². The average Bonchev–Trinajstić information content (AvgIpc) is 3.21. The third kappa shape index (κ3) is 3.33. The first-order valence-electron chi connectivity index (χ1n) is 10.9. The van der Waals surface area contributed by atoms with Crippen molar-refractivity contribution in [2.45, 2.75) is 18.9 Å². The van der Waals surface area contributed by atoms with Crippen molar-refractivity contribution in [3.05, 3.63) is 105 Å². The lowest BCUT2D eigenvalue weighted by Gasteiger charge is -2.27. The molecule has 5 aromatic rings. The quantitative estimate of drug-likeness (QED) is 0.391.